The summed E-state index contributed by atoms with van der Waals surface area (Å²) in [6.07, 6.45) is 1.30. The van der Waals surface area contributed by atoms with Gasteiger partial charge < -0.3 is 0 Å². The van der Waals surface area contributed by atoms with Crippen LogP contribution in [-0.2, 0) is 9.63 Å². The van der Waals surface area contributed by atoms with E-state index in [0.29, 0.717) is 5.03 Å². The zero-order valence-corrected chi connectivity index (χ0v) is 4.86. The minimum Gasteiger partial charge on any atom is -0.268 e. The molecule has 0 spiro atoms. The first-order chi connectivity index (χ1) is 3.77. The molecule has 1 N–H and O–H groups in total. The normalized spacial score (nSPS) is 8.12. The van der Waals surface area contributed by atoms with Crippen molar-refractivity contribution < 1.29 is 9.63 Å². The van der Waals surface area contributed by atoms with Crippen LogP contribution < -0.4 is 5.48 Å². The summed E-state index contributed by atoms with van der Waals surface area (Å²) < 4.78 is 0. The van der Waals surface area contributed by atoms with Crippen molar-refractivity contribution in [1.82, 2.24) is 5.48 Å². The SMILES string of the molecule is C=C(Cl)CON[C]=O. The maximum atomic E-state index is 9.35. The van der Waals surface area contributed by atoms with Crippen molar-refractivity contribution in [3.05, 3.63) is 11.6 Å². The lowest BCUT2D eigenvalue weighted by Gasteiger charge is -1.94. The molecular weight excluding hydrogens is 130 g/mol. The van der Waals surface area contributed by atoms with Gasteiger partial charge in [-0.15, -0.1) is 0 Å². The van der Waals surface area contributed by atoms with E-state index in [-0.39, 0.29) is 6.61 Å². The molecule has 0 aromatic rings. The summed E-state index contributed by atoms with van der Waals surface area (Å²) in [5.41, 5.74) is 1.83. The maximum Gasteiger partial charge on any atom is 0.335 e. The Morgan fingerprint density at radius 2 is 2.62 bits per heavy atom. The number of hydrogen-bond acceptors (Lipinski definition) is 2. The van der Waals surface area contributed by atoms with Gasteiger partial charge in [0.1, 0.15) is 6.61 Å². The van der Waals surface area contributed by atoms with Gasteiger partial charge in [-0.3, -0.25) is 9.63 Å². The van der Waals surface area contributed by atoms with Crippen molar-refractivity contribution >= 4 is 18.0 Å². The molecule has 0 unspecified atom stereocenters. The number of carbonyl (C=O) groups excluding carboxylic acids is 1. The quantitative estimate of drug-likeness (QED) is 0.342. The van der Waals surface area contributed by atoms with Crippen LogP contribution in [0.1, 0.15) is 0 Å². The Kier molecular flexibility index (Phi) is 4.30. The zero-order valence-electron chi connectivity index (χ0n) is 4.11. The minimum atomic E-state index is 0.108. The summed E-state index contributed by atoms with van der Waals surface area (Å²) in [6.45, 7) is 3.41. The fourth-order valence-electron chi connectivity index (χ4n) is 0.144. The predicted octanol–water partition coefficient (Wildman–Crippen LogP) is 0.327. The van der Waals surface area contributed by atoms with Crippen LogP contribution in [0.3, 0.4) is 0 Å². The largest absolute Gasteiger partial charge is 0.335 e. The molecule has 3 nitrogen and oxygen atoms in total. The lowest BCUT2D eigenvalue weighted by atomic mass is 10.7. The minimum absolute atomic E-state index is 0.108. The van der Waals surface area contributed by atoms with Gasteiger partial charge in [0.05, 0.1) is 0 Å². The Bertz CT molecular complexity index is 94.0. The van der Waals surface area contributed by atoms with Gasteiger partial charge in [-0.05, 0) is 0 Å². The molecule has 0 aliphatic carbocycles. The second-order valence-corrected chi connectivity index (χ2v) is 1.54. The van der Waals surface area contributed by atoms with Crippen molar-refractivity contribution in [3.8, 4) is 0 Å². The van der Waals surface area contributed by atoms with E-state index in [1.807, 2.05) is 5.48 Å². The second kappa shape index (κ2) is 4.61. The smallest absolute Gasteiger partial charge is 0.268 e. The molecule has 45 valence electrons. The average molecular weight is 135 g/mol. The van der Waals surface area contributed by atoms with Crippen LogP contribution in [0, 0.1) is 0 Å². The van der Waals surface area contributed by atoms with Crippen LogP contribution in [-0.4, -0.2) is 13.0 Å². The lowest BCUT2D eigenvalue weighted by Crippen LogP contribution is -2.11. The molecule has 0 atom stereocenters. The van der Waals surface area contributed by atoms with Crippen LogP contribution in [0.2, 0.25) is 0 Å². The van der Waals surface area contributed by atoms with E-state index < -0.39 is 0 Å². The van der Waals surface area contributed by atoms with Crippen LogP contribution in [0.15, 0.2) is 11.6 Å². The van der Waals surface area contributed by atoms with Gasteiger partial charge in [0.15, 0.2) is 0 Å². The molecule has 0 saturated heterocycles. The monoisotopic (exact) mass is 134 g/mol. The Hall–Kier alpha value is -0.540. The summed E-state index contributed by atoms with van der Waals surface area (Å²) in [4.78, 5) is 13.7. The van der Waals surface area contributed by atoms with Gasteiger partial charge in [0.25, 0.3) is 0 Å². The van der Waals surface area contributed by atoms with Gasteiger partial charge in [0.2, 0.25) is 0 Å². The van der Waals surface area contributed by atoms with Gasteiger partial charge in [-0.25, -0.2) is 5.48 Å². The fraction of sp³-hybridized carbons (Fsp3) is 0.250. The molecule has 0 saturated carbocycles. The Labute approximate surface area is 52.2 Å². The summed E-state index contributed by atoms with van der Waals surface area (Å²) in [7, 11) is 0. The molecule has 0 aliphatic rings. The molecular formula is C4H5ClNO2. The third-order valence-electron chi connectivity index (χ3n) is 0.343. The van der Waals surface area contributed by atoms with Gasteiger partial charge in [0, 0.05) is 5.03 Å². The summed E-state index contributed by atoms with van der Waals surface area (Å²) >= 11 is 5.22. The molecule has 1 amide bonds. The van der Waals surface area contributed by atoms with Gasteiger partial charge >= 0.3 is 6.41 Å². The number of amides is 1. The van der Waals surface area contributed by atoms with Crippen molar-refractivity contribution in [1.29, 1.82) is 0 Å². The molecule has 0 fully saturated rings. The van der Waals surface area contributed by atoms with Crippen LogP contribution in [0.25, 0.3) is 0 Å². The number of rotatable bonds is 4. The van der Waals surface area contributed by atoms with E-state index in [9.17, 15) is 4.79 Å². The third-order valence-corrected chi connectivity index (χ3v) is 0.452. The van der Waals surface area contributed by atoms with E-state index >= 15 is 0 Å². The molecule has 1 radical (unpaired) electrons. The number of nitrogens with one attached hydrogen (secondary N) is 1. The highest BCUT2D eigenvalue weighted by atomic mass is 35.5. The Morgan fingerprint density at radius 1 is 2.00 bits per heavy atom. The summed E-state index contributed by atoms with van der Waals surface area (Å²) in [5.74, 6) is 0. The first-order valence-corrected chi connectivity index (χ1v) is 2.22. The predicted molar refractivity (Wildman–Crippen MR) is 29.8 cm³/mol. The molecule has 0 aliphatic heterocycles. The molecule has 4 heteroatoms. The highest BCUT2D eigenvalue weighted by Crippen LogP contribution is 1.93. The third kappa shape index (κ3) is 5.46. The lowest BCUT2D eigenvalue weighted by molar-refractivity contribution is 0.106. The van der Waals surface area contributed by atoms with Gasteiger partial charge in [-0.1, -0.05) is 18.2 Å². The second-order valence-electron chi connectivity index (χ2n) is 1.01. The molecule has 0 aromatic heterocycles. The summed E-state index contributed by atoms with van der Waals surface area (Å²) in [5, 5.41) is 0.327. The van der Waals surface area contributed by atoms with E-state index in [0.717, 1.165) is 0 Å². The van der Waals surface area contributed by atoms with Crippen molar-refractivity contribution in [2.75, 3.05) is 6.61 Å². The first-order valence-electron chi connectivity index (χ1n) is 1.84. The fourth-order valence-corrected chi connectivity index (χ4v) is 0.198. The molecule has 8 heavy (non-hydrogen) atoms. The van der Waals surface area contributed by atoms with E-state index in [4.69, 9.17) is 11.6 Å². The summed E-state index contributed by atoms with van der Waals surface area (Å²) in [6, 6.07) is 0. The van der Waals surface area contributed by atoms with Crippen molar-refractivity contribution in [2.24, 2.45) is 0 Å². The highest BCUT2D eigenvalue weighted by Gasteiger charge is 1.84. The molecule has 0 heterocycles. The van der Waals surface area contributed by atoms with Crippen molar-refractivity contribution in [2.45, 2.75) is 0 Å². The first kappa shape index (κ1) is 7.46. The van der Waals surface area contributed by atoms with E-state index in [1.165, 1.54) is 6.41 Å². The number of halogens is 1. The Morgan fingerprint density at radius 3 is 3.00 bits per heavy atom. The van der Waals surface area contributed by atoms with Crippen LogP contribution >= 0.6 is 11.6 Å². The average Bonchev–Trinajstić information content (AvgIpc) is 1.66. The molecule has 0 bridgehead atoms. The Balaban J connectivity index is 2.93. The van der Waals surface area contributed by atoms with Crippen LogP contribution in [0.4, 0.5) is 0 Å². The van der Waals surface area contributed by atoms with Crippen LogP contribution in [0.5, 0.6) is 0 Å². The van der Waals surface area contributed by atoms with Crippen molar-refractivity contribution in [3.63, 3.8) is 0 Å². The van der Waals surface area contributed by atoms with E-state index in [1.54, 1.807) is 0 Å². The number of hydrogen-bond donors (Lipinski definition) is 1. The molecule has 0 aromatic carbocycles. The highest BCUT2D eigenvalue weighted by molar-refractivity contribution is 6.29. The topological polar surface area (TPSA) is 38.3 Å². The van der Waals surface area contributed by atoms with Gasteiger partial charge in [-0.2, -0.15) is 0 Å². The maximum absolute atomic E-state index is 9.35. The standard InChI is InChI=1S/C4H5ClNO2/c1-4(5)2-8-6-3-7/h1-2H2,(H,6,7). The number of hydroxylamine groups is 1. The van der Waals surface area contributed by atoms with E-state index in [2.05, 4.69) is 11.4 Å². The zero-order chi connectivity index (χ0) is 6.41. The molecule has 0 rings (SSSR count).